The number of non-ortho nitro benzene ring substituents is 1. The SMILES string of the molecule is C=C(C)[C@H]1C=C(NNC(=O)[C@H](Oc2ccc([N+](=O)[O-])cc2)c2ccccc2)C(C)=CC1. The topological polar surface area (TPSA) is 93.5 Å². The van der Waals surface area contributed by atoms with E-state index in [2.05, 4.69) is 23.5 Å². The molecule has 2 atom stereocenters. The molecule has 0 fully saturated rings. The summed E-state index contributed by atoms with van der Waals surface area (Å²) in [6.45, 7) is 7.97. The maximum Gasteiger partial charge on any atom is 0.284 e. The summed E-state index contributed by atoms with van der Waals surface area (Å²) < 4.78 is 5.90. The van der Waals surface area contributed by atoms with E-state index < -0.39 is 16.9 Å². The highest BCUT2D eigenvalue weighted by molar-refractivity contribution is 5.82. The summed E-state index contributed by atoms with van der Waals surface area (Å²) >= 11 is 0. The van der Waals surface area contributed by atoms with E-state index >= 15 is 0 Å². The normalized spacial score (nSPS) is 16.4. The number of benzene rings is 2. The second-order valence-corrected chi connectivity index (χ2v) is 7.43. The molecular weight excluding hydrogens is 394 g/mol. The van der Waals surface area contributed by atoms with E-state index in [-0.39, 0.29) is 11.6 Å². The van der Waals surface area contributed by atoms with Crippen LogP contribution in [0.1, 0.15) is 31.9 Å². The number of hydrazine groups is 1. The van der Waals surface area contributed by atoms with Crippen LogP contribution in [0.2, 0.25) is 0 Å². The van der Waals surface area contributed by atoms with Gasteiger partial charge in [0.2, 0.25) is 6.10 Å². The molecule has 160 valence electrons. The molecule has 1 aliphatic carbocycles. The van der Waals surface area contributed by atoms with E-state index in [1.54, 1.807) is 12.1 Å². The quantitative estimate of drug-likeness (QED) is 0.365. The summed E-state index contributed by atoms with van der Waals surface area (Å²) in [5, 5.41) is 10.9. The van der Waals surface area contributed by atoms with Crippen molar-refractivity contribution in [3.05, 3.63) is 106 Å². The van der Waals surface area contributed by atoms with Crippen molar-refractivity contribution in [1.29, 1.82) is 0 Å². The highest BCUT2D eigenvalue weighted by Crippen LogP contribution is 2.26. The lowest BCUT2D eigenvalue weighted by atomic mass is 9.90. The fourth-order valence-corrected chi connectivity index (χ4v) is 3.18. The van der Waals surface area contributed by atoms with Gasteiger partial charge in [0, 0.05) is 23.6 Å². The van der Waals surface area contributed by atoms with Crippen LogP contribution in [-0.2, 0) is 4.79 Å². The van der Waals surface area contributed by atoms with E-state index in [4.69, 9.17) is 4.74 Å². The van der Waals surface area contributed by atoms with Gasteiger partial charge in [-0.2, -0.15) is 0 Å². The molecule has 0 heterocycles. The monoisotopic (exact) mass is 419 g/mol. The Morgan fingerprint density at radius 1 is 1.19 bits per heavy atom. The molecule has 0 bridgehead atoms. The average molecular weight is 419 g/mol. The minimum atomic E-state index is -0.944. The molecule has 2 aromatic carbocycles. The van der Waals surface area contributed by atoms with Gasteiger partial charge in [-0.1, -0.05) is 54.6 Å². The first-order chi connectivity index (χ1) is 14.8. The molecule has 1 amide bonds. The highest BCUT2D eigenvalue weighted by atomic mass is 16.6. The second kappa shape index (κ2) is 9.75. The largest absolute Gasteiger partial charge is 0.476 e. The van der Waals surface area contributed by atoms with E-state index in [1.165, 1.54) is 24.3 Å². The third-order valence-electron chi connectivity index (χ3n) is 5.07. The number of nitro benzene ring substituents is 1. The van der Waals surface area contributed by atoms with Crippen LogP contribution >= 0.6 is 0 Å². The number of hydrogen-bond acceptors (Lipinski definition) is 5. The number of nitrogens with zero attached hydrogens (tertiary/aromatic N) is 1. The van der Waals surface area contributed by atoms with Crippen LogP contribution in [0, 0.1) is 16.0 Å². The molecule has 2 N–H and O–H groups in total. The number of rotatable bonds is 8. The Morgan fingerprint density at radius 3 is 2.48 bits per heavy atom. The number of carbonyl (C=O) groups excluding carboxylic acids is 1. The van der Waals surface area contributed by atoms with Crippen molar-refractivity contribution in [2.45, 2.75) is 26.4 Å². The van der Waals surface area contributed by atoms with Crippen LogP contribution < -0.4 is 15.6 Å². The van der Waals surface area contributed by atoms with Gasteiger partial charge in [0.15, 0.2) is 0 Å². The minimum Gasteiger partial charge on any atom is -0.476 e. The van der Waals surface area contributed by atoms with Gasteiger partial charge < -0.3 is 4.74 Å². The molecule has 0 spiro atoms. The molecule has 0 aromatic heterocycles. The molecule has 0 saturated heterocycles. The van der Waals surface area contributed by atoms with E-state index in [0.29, 0.717) is 11.3 Å². The summed E-state index contributed by atoms with van der Waals surface area (Å²) in [6, 6.07) is 14.7. The summed E-state index contributed by atoms with van der Waals surface area (Å²) in [5.41, 5.74) is 9.24. The standard InChI is InChI=1S/C24H25N3O4/c1-16(2)19-10-9-17(3)22(15-19)25-26-24(28)23(18-7-5-4-6-8-18)31-21-13-11-20(12-14-21)27(29)30/h4-9,11-15,19,23,25H,1,10H2,2-3H3,(H,26,28)/t19-,23-/m1/s1. The molecule has 0 unspecified atom stereocenters. The van der Waals surface area contributed by atoms with Crippen LogP contribution in [0.4, 0.5) is 5.69 Å². The van der Waals surface area contributed by atoms with Gasteiger partial charge in [-0.25, -0.2) is 0 Å². The van der Waals surface area contributed by atoms with Crippen molar-refractivity contribution in [1.82, 2.24) is 10.9 Å². The van der Waals surface area contributed by atoms with Crippen LogP contribution in [0.3, 0.4) is 0 Å². The van der Waals surface area contributed by atoms with Gasteiger partial charge in [-0.3, -0.25) is 25.8 Å². The third-order valence-corrected chi connectivity index (χ3v) is 5.07. The summed E-state index contributed by atoms with van der Waals surface area (Å²) in [6.07, 6.45) is 4.10. The molecule has 0 aliphatic heterocycles. The molecule has 2 aromatic rings. The van der Waals surface area contributed by atoms with Gasteiger partial charge in [0.05, 0.1) is 10.6 Å². The van der Waals surface area contributed by atoms with Crippen molar-refractivity contribution >= 4 is 11.6 Å². The van der Waals surface area contributed by atoms with Crippen LogP contribution in [0.15, 0.2) is 90.2 Å². The smallest absolute Gasteiger partial charge is 0.284 e. The number of nitro groups is 1. The lowest BCUT2D eigenvalue weighted by Gasteiger charge is -2.24. The number of hydrogen-bond donors (Lipinski definition) is 2. The summed E-state index contributed by atoms with van der Waals surface area (Å²) in [5.74, 6) is 0.171. The Balaban J connectivity index is 1.76. The number of ether oxygens (including phenoxy) is 1. The number of amides is 1. The lowest BCUT2D eigenvalue weighted by Crippen LogP contribution is -2.42. The van der Waals surface area contributed by atoms with Gasteiger partial charge in [0.25, 0.3) is 11.6 Å². The van der Waals surface area contributed by atoms with Gasteiger partial charge in [-0.05, 0) is 38.0 Å². The van der Waals surface area contributed by atoms with E-state index in [1.807, 2.05) is 38.1 Å². The van der Waals surface area contributed by atoms with Crippen molar-refractivity contribution in [2.75, 3.05) is 0 Å². The Bertz CT molecular complexity index is 1030. The highest BCUT2D eigenvalue weighted by Gasteiger charge is 2.24. The maximum atomic E-state index is 13.0. The molecule has 31 heavy (non-hydrogen) atoms. The van der Waals surface area contributed by atoms with Crippen molar-refractivity contribution in [3.63, 3.8) is 0 Å². The molecule has 7 heteroatoms. The molecule has 0 saturated carbocycles. The van der Waals surface area contributed by atoms with Crippen LogP contribution in [0.25, 0.3) is 0 Å². The molecule has 1 aliphatic rings. The van der Waals surface area contributed by atoms with Crippen molar-refractivity contribution in [2.24, 2.45) is 5.92 Å². The third kappa shape index (κ3) is 5.60. The maximum absolute atomic E-state index is 13.0. The van der Waals surface area contributed by atoms with Gasteiger partial charge in [-0.15, -0.1) is 0 Å². The zero-order valence-corrected chi connectivity index (χ0v) is 17.5. The Hall–Kier alpha value is -3.87. The van der Waals surface area contributed by atoms with Crippen LogP contribution in [0.5, 0.6) is 5.75 Å². The first-order valence-corrected chi connectivity index (χ1v) is 9.91. The number of allylic oxidation sites excluding steroid dienone is 4. The van der Waals surface area contributed by atoms with E-state index in [9.17, 15) is 14.9 Å². The predicted molar refractivity (Wildman–Crippen MR) is 119 cm³/mol. The van der Waals surface area contributed by atoms with E-state index in [0.717, 1.165) is 23.3 Å². The van der Waals surface area contributed by atoms with Crippen molar-refractivity contribution in [3.8, 4) is 5.75 Å². The Labute approximate surface area is 181 Å². The zero-order chi connectivity index (χ0) is 22.4. The predicted octanol–water partition coefficient (Wildman–Crippen LogP) is 4.76. The first kappa shape index (κ1) is 21.8. The average Bonchev–Trinajstić information content (AvgIpc) is 2.77. The second-order valence-electron chi connectivity index (χ2n) is 7.43. The summed E-state index contributed by atoms with van der Waals surface area (Å²) in [4.78, 5) is 23.4. The Morgan fingerprint density at radius 2 is 1.87 bits per heavy atom. The number of carbonyl (C=O) groups is 1. The number of nitrogens with one attached hydrogen (secondary N) is 2. The zero-order valence-electron chi connectivity index (χ0n) is 17.5. The summed E-state index contributed by atoms with van der Waals surface area (Å²) in [7, 11) is 0. The lowest BCUT2D eigenvalue weighted by molar-refractivity contribution is -0.384. The molecular formula is C24H25N3O4. The minimum absolute atomic E-state index is 0.0479. The van der Waals surface area contributed by atoms with Gasteiger partial charge in [0.1, 0.15) is 5.75 Å². The molecule has 0 radical (unpaired) electrons. The fourth-order valence-electron chi connectivity index (χ4n) is 3.18. The first-order valence-electron chi connectivity index (χ1n) is 9.91. The van der Waals surface area contributed by atoms with Crippen LogP contribution in [-0.4, -0.2) is 10.8 Å². The molecule has 3 rings (SSSR count). The molecule has 7 nitrogen and oxygen atoms in total. The fraction of sp³-hybridized carbons (Fsp3) is 0.208. The van der Waals surface area contributed by atoms with Gasteiger partial charge >= 0.3 is 0 Å². The van der Waals surface area contributed by atoms with Crippen molar-refractivity contribution < 1.29 is 14.5 Å². The Kier molecular flexibility index (Phi) is 6.87.